The molecule has 51 heavy (non-hydrogen) atoms. The van der Waals surface area contributed by atoms with Gasteiger partial charge in [0.05, 0.1) is 12.7 Å². The second-order valence-electron chi connectivity index (χ2n) is 13.1. The Labute approximate surface area is 309 Å². The van der Waals surface area contributed by atoms with Crippen molar-refractivity contribution in [2.24, 2.45) is 0 Å². The summed E-state index contributed by atoms with van der Waals surface area (Å²) < 4.78 is 26.3. The Kier molecular flexibility index (Phi) is 34.5. The van der Waals surface area contributed by atoms with Crippen LogP contribution in [0.5, 0.6) is 0 Å². The first-order chi connectivity index (χ1) is 24.7. The van der Waals surface area contributed by atoms with Crippen LogP contribution >= 0.6 is 7.82 Å². The van der Waals surface area contributed by atoms with Gasteiger partial charge in [-0.1, -0.05) is 164 Å². The minimum Gasteiger partial charge on any atom is -0.462 e. The molecular weight excluding hydrogens is 667 g/mol. The average molecular weight is 739 g/mol. The van der Waals surface area contributed by atoms with Gasteiger partial charge in [0.15, 0.2) is 6.10 Å². The van der Waals surface area contributed by atoms with Crippen molar-refractivity contribution in [1.82, 2.24) is 0 Å². The zero-order valence-corrected chi connectivity index (χ0v) is 32.7. The van der Waals surface area contributed by atoms with Gasteiger partial charge in [-0.25, -0.2) is 4.57 Å². The highest BCUT2D eigenvalue weighted by atomic mass is 31.2. The molecule has 0 saturated carbocycles. The predicted octanol–water partition coefficient (Wildman–Crippen LogP) is 10.7. The van der Waals surface area contributed by atoms with E-state index in [9.17, 15) is 19.3 Å². The summed E-state index contributed by atoms with van der Waals surface area (Å²) in [7, 11) is -4.77. The van der Waals surface area contributed by atoms with Crippen LogP contribution in [0.25, 0.3) is 0 Å². The number of ether oxygens (including phenoxy) is 2. The molecule has 0 radical (unpaired) electrons. The number of allylic oxidation sites excluding steroid dienone is 9. The van der Waals surface area contributed by atoms with Crippen molar-refractivity contribution in [2.75, 3.05) is 13.2 Å². The number of rotatable bonds is 35. The van der Waals surface area contributed by atoms with Crippen LogP contribution in [-0.2, 0) is 28.2 Å². The van der Waals surface area contributed by atoms with Gasteiger partial charge in [-0.15, -0.1) is 0 Å². The van der Waals surface area contributed by atoms with Crippen LogP contribution < -0.4 is 0 Å². The molecule has 0 bridgehead atoms. The highest BCUT2D eigenvalue weighted by Crippen LogP contribution is 2.36. The lowest BCUT2D eigenvalue weighted by molar-refractivity contribution is -0.161. The van der Waals surface area contributed by atoms with E-state index in [1.807, 2.05) is 37.3 Å². The lowest BCUT2D eigenvalue weighted by Gasteiger charge is -2.18. The Morgan fingerprint density at radius 2 is 1.10 bits per heavy atom. The molecule has 0 spiro atoms. The molecule has 0 rings (SSSR count). The van der Waals surface area contributed by atoms with E-state index < -0.39 is 32.5 Å². The second kappa shape index (κ2) is 36.1. The Bertz CT molecular complexity index is 1030. The van der Waals surface area contributed by atoms with Crippen LogP contribution in [0.2, 0.25) is 0 Å². The number of hydrogen-bond acceptors (Lipinski definition) is 7. The van der Waals surface area contributed by atoms with Crippen molar-refractivity contribution >= 4 is 19.8 Å². The first-order valence-corrected chi connectivity index (χ1v) is 21.2. The molecule has 9 nitrogen and oxygen atoms in total. The number of carbonyl (C=O) groups excluding carboxylic acids is 2. The smallest absolute Gasteiger partial charge is 0.462 e. The molecule has 0 fully saturated rings. The van der Waals surface area contributed by atoms with Crippen molar-refractivity contribution in [2.45, 2.75) is 174 Å². The maximum atomic E-state index is 12.4. The highest BCUT2D eigenvalue weighted by Gasteiger charge is 2.22. The number of phosphoric acid groups is 1. The topological polar surface area (TPSA) is 140 Å². The summed E-state index contributed by atoms with van der Waals surface area (Å²) in [6, 6.07) is 0. The van der Waals surface area contributed by atoms with Crippen molar-refractivity contribution in [1.29, 1.82) is 0 Å². The molecule has 0 unspecified atom stereocenters. The number of phosphoric ester groups is 1. The molecule has 0 saturated heterocycles. The second-order valence-corrected chi connectivity index (χ2v) is 14.3. The van der Waals surface area contributed by atoms with E-state index in [2.05, 4.69) is 35.8 Å². The summed E-state index contributed by atoms with van der Waals surface area (Å²) in [5, 5.41) is 9.44. The summed E-state index contributed by atoms with van der Waals surface area (Å²) in [5.41, 5.74) is 0. The van der Waals surface area contributed by atoms with Crippen LogP contribution in [0.15, 0.2) is 60.8 Å². The predicted molar refractivity (Wildman–Crippen MR) is 208 cm³/mol. The summed E-state index contributed by atoms with van der Waals surface area (Å²) in [5.74, 6) is -0.973. The average Bonchev–Trinajstić information content (AvgIpc) is 3.10. The van der Waals surface area contributed by atoms with E-state index in [0.29, 0.717) is 25.7 Å². The molecule has 10 heteroatoms. The monoisotopic (exact) mass is 738 g/mol. The Hall–Kier alpha value is -2.29. The van der Waals surface area contributed by atoms with Gasteiger partial charge in [0.2, 0.25) is 0 Å². The number of aliphatic hydroxyl groups is 1. The number of esters is 2. The summed E-state index contributed by atoms with van der Waals surface area (Å²) in [6.07, 6.45) is 41.8. The molecule has 294 valence electrons. The van der Waals surface area contributed by atoms with Crippen LogP contribution in [0.3, 0.4) is 0 Å². The SMILES string of the molecule is CCCCCCCCCCCCCCCCCC(=O)O[C@H](COC(=O)CCC/C=C\C/C=C\C/C=C\C/C=C\C=C\[C@@H](O)CC)COP(=O)(O)O. The number of unbranched alkanes of at least 4 members (excludes halogenated alkanes) is 15. The maximum Gasteiger partial charge on any atom is 0.469 e. The quantitative estimate of drug-likeness (QED) is 0.0190. The lowest BCUT2D eigenvalue weighted by Crippen LogP contribution is -2.29. The molecule has 0 heterocycles. The van der Waals surface area contributed by atoms with Crippen LogP contribution in [0.1, 0.15) is 162 Å². The third-order valence-corrected chi connectivity index (χ3v) is 8.69. The van der Waals surface area contributed by atoms with Gasteiger partial charge in [-0.2, -0.15) is 0 Å². The van der Waals surface area contributed by atoms with Gasteiger partial charge < -0.3 is 24.4 Å². The first-order valence-electron chi connectivity index (χ1n) is 19.7. The molecular formula is C41H71O9P. The lowest BCUT2D eigenvalue weighted by atomic mass is 10.0. The summed E-state index contributed by atoms with van der Waals surface area (Å²) in [6.45, 7) is 3.30. The van der Waals surface area contributed by atoms with Gasteiger partial charge in [0.25, 0.3) is 0 Å². The van der Waals surface area contributed by atoms with Gasteiger partial charge in [-0.3, -0.25) is 14.1 Å². The Balaban J connectivity index is 4.07. The first kappa shape index (κ1) is 48.7. The maximum absolute atomic E-state index is 12.4. The Morgan fingerprint density at radius 1 is 0.608 bits per heavy atom. The minimum atomic E-state index is -4.77. The van der Waals surface area contributed by atoms with Crippen molar-refractivity contribution in [3.05, 3.63) is 60.8 Å². The highest BCUT2D eigenvalue weighted by molar-refractivity contribution is 7.46. The molecule has 0 aromatic rings. The fourth-order valence-corrected chi connectivity index (χ4v) is 5.48. The van der Waals surface area contributed by atoms with E-state index in [1.165, 1.54) is 70.6 Å². The molecule has 0 aromatic heterocycles. The Morgan fingerprint density at radius 3 is 1.63 bits per heavy atom. The number of hydrogen-bond donors (Lipinski definition) is 3. The fraction of sp³-hybridized carbons (Fsp3) is 0.707. The van der Waals surface area contributed by atoms with E-state index in [-0.39, 0.29) is 25.6 Å². The molecule has 3 N–H and O–H groups in total. The van der Waals surface area contributed by atoms with E-state index in [0.717, 1.165) is 38.5 Å². The normalized spacial score (nSPS) is 13.7. The van der Waals surface area contributed by atoms with E-state index in [4.69, 9.17) is 19.3 Å². The summed E-state index contributed by atoms with van der Waals surface area (Å²) >= 11 is 0. The third kappa shape index (κ3) is 38.8. The van der Waals surface area contributed by atoms with Crippen LogP contribution in [0.4, 0.5) is 0 Å². The minimum absolute atomic E-state index is 0.174. The van der Waals surface area contributed by atoms with Crippen LogP contribution in [0, 0.1) is 0 Å². The largest absolute Gasteiger partial charge is 0.469 e. The standard InChI is InChI=1S/C41H71O9P/c1-3-5-6-7-8-9-10-11-12-17-20-23-26-29-32-35-41(44)50-39(37-49-51(45,46)47)36-48-40(43)34-31-28-25-22-19-16-14-13-15-18-21-24-27-30-33-38(42)4-2/h14-16,18,22,24-25,27,30,33,38-39,42H,3-13,17,19-21,23,26,28-29,31-32,34-37H2,1-2H3,(H2,45,46,47)/b16-14-,18-15-,25-22-,27-24-,33-30+/t38-,39+/m0/s1. The zero-order chi connectivity index (χ0) is 37.7. The molecule has 0 aliphatic carbocycles. The molecule has 0 aromatic carbocycles. The van der Waals surface area contributed by atoms with E-state index >= 15 is 0 Å². The number of carbonyl (C=O) groups is 2. The molecule has 0 aliphatic heterocycles. The van der Waals surface area contributed by atoms with Crippen molar-refractivity contribution in [3.63, 3.8) is 0 Å². The van der Waals surface area contributed by atoms with Gasteiger partial charge >= 0.3 is 19.8 Å². The molecule has 2 atom stereocenters. The van der Waals surface area contributed by atoms with Gasteiger partial charge in [-0.05, 0) is 44.9 Å². The molecule has 0 amide bonds. The van der Waals surface area contributed by atoms with Gasteiger partial charge in [0.1, 0.15) is 6.61 Å². The molecule has 0 aliphatic rings. The summed E-state index contributed by atoms with van der Waals surface area (Å²) in [4.78, 5) is 42.7. The third-order valence-electron chi connectivity index (χ3n) is 8.21. The van der Waals surface area contributed by atoms with Gasteiger partial charge in [0, 0.05) is 12.8 Å². The van der Waals surface area contributed by atoms with Crippen molar-refractivity contribution < 1.29 is 43.0 Å². The number of aliphatic hydroxyl groups excluding tert-OH is 1. The van der Waals surface area contributed by atoms with Crippen molar-refractivity contribution in [3.8, 4) is 0 Å². The zero-order valence-electron chi connectivity index (χ0n) is 31.8. The van der Waals surface area contributed by atoms with Crippen LogP contribution in [-0.4, -0.2) is 52.3 Å². The van der Waals surface area contributed by atoms with E-state index in [1.54, 1.807) is 6.08 Å². The fourth-order valence-electron chi connectivity index (χ4n) is 5.12.